The van der Waals surface area contributed by atoms with Gasteiger partial charge in [0.15, 0.2) is 0 Å². The monoisotopic (exact) mass is 239 g/mol. The van der Waals surface area contributed by atoms with Crippen LogP contribution >= 0.6 is 0 Å². The molecule has 0 saturated carbocycles. The van der Waals surface area contributed by atoms with Gasteiger partial charge in [-0.25, -0.2) is 0 Å². The fraction of sp³-hybridized carbons (Fsp3) is 0.667. The van der Waals surface area contributed by atoms with E-state index in [2.05, 4.69) is 15.5 Å². The summed E-state index contributed by atoms with van der Waals surface area (Å²) in [4.78, 5) is 11.8. The van der Waals surface area contributed by atoms with Crippen LogP contribution in [0.2, 0.25) is 0 Å². The average Bonchev–Trinajstić information content (AvgIpc) is 2.58. The standard InChI is InChI=1S/C12H21N3O2/c1-8(5-4-6-16)13-12(17)7-11-9(2)14-15-10(11)3/h8,16H,4-7H2,1-3H3,(H,13,17)(H,14,15). The predicted octanol–water partition coefficient (Wildman–Crippen LogP) is 0.846. The van der Waals surface area contributed by atoms with Gasteiger partial charge in [0.1, 0.15) is 0 Å². The first-order valence-electron chi connectivity index (χ1n) is 5.95. The third kappa shape index (κ3) is 4.19. The van der Waals surface area contributed by atoms with Crippen molar-refractivity contribution in [2.24, 2.45) is 0 Å². The Kier molecular flexibility index (Phi) is 5.15. The van der Waals surface area contributed by atoms with Gasteiger partial charge in [0.05, 0.1) is 12.1 Å². The number of aryl methyl sites for hydroxylation is 2. The maximum atomic E-state index is 11.8. The van der Waals surface area contributed by atoms with E-state index in [0.717, 1.165) is 23.4 Å². The lowest BCUT2D eigenvalue weighted by molar-refractivity contribution is -0.121. The summed E-state index contributed by atoms with van der Waals surface area (Å²) in [6.45, 7) is 5.92. The third-order valence-electron chi connectivity index (χ3n) is 2.82. The number of aromatic nitrogens is 2. The van der Waals surface area contributed by atoms with E-state index in [1.165, 1.54) is 0 Å². The summed E-state index contributed by atoms with van der Waals surface area (Å²) < 4.78 is 0. The van der Waals surface area contributed by atoms with Crippen molar-refractivity contribution < 1.29 is 9.90 Å². The fourth-order valence-electron chi connectivity index (χ4n) is 1.79. The minimum absolute atomic E-state index is 0.00281. The van der Waals surface area contributed by atoms with E-state index in [9.17, 15) is 4.79 Å². The highest BCUT2D eigenvalue weighted by Gasteiger charge is 2.13. The van der Waals surface area contributed by atoms with Gasteiger partial charge in [0.2, 0.25) is 5.91 Å². The molecule has 0 aliphatic rings. The molecule has 0 aliphatic heterocycles. The Hall–Kier alpha value is -1.36. The lowest BCUT2D eigenvalue weighted by Crippen LogP contribution is -2.34. The van der Waals surface area contributed by atoms with Crippen molar-refractivity contribution in [3.63, 3.8) is 0 Å². The predicted molar refractivity (Wildman–Crippen MR) is 65.7 cm³/mol. The van der Waals surface area contributed by atoms with Gasteiger partial charge in [-0.2, -0.15) is 5.10 Å². The maximum Gasteiger partial charge on any atom is 0.224 e. The number of hydrogen-bond donors (Lipinski definition) is 3. The van der Waals surface area contributed by atoms with Gasteiger partial charge in [-0.3, -0.25) is 9.89 Å². The van der Waals surface area contributed by atoms with Crippen molar-refractivity contribution in [2.75, 3.05) is 6.61 Å². The van der Waals surface area contributed by atoms with Crippen molar-refractivity contribution >= 4 is 5.91 Å². The topological polar surface area (TPSA) is 78.0 Å². The van der Waals surface area contributed by atoms with Crippen LogP contribution in [0.5, 0.6) is 0 Å². The molecule has 1 heterocycles. The quantitative estimate of drug-likeness (QED) is 0.688. The summed E-state index contributed by atoms with van der Waals surface area (Å²) in [6.07, 6.45) is 1.87. The van der Waals surface area contributed by atoms with Crippen molar-refractivity contribution in [2.45, 2.75) is 46.1 Å². The van der Waals surface area contributed by atoms with E-state index in [1.807, 2.05) is 20.8 Å². The SMILES string of the molecule is Cc1n[nH]c(C)c1CC(=O)NC(C)CCCO. The molecule has 5 heteroatoms. The van der Waals surface area contributed by atoms with E-state index in [4.69, 9.17) is 5.11 Å². The van der Waals surface area contributed by atoms with Gasteiger partial charge in [-0.15, -0.1) is 0 Å². The summed E-state index contributed by atoms with van der Waals surface area (Å²) in [6, 6.07) is 0.0992. The first-order chi connectivity index (χ1) is 8.04. The van der Waals surface area contributed by atoms with Gasteiger partial charge in [0.25, 0.3) is 0 Å². The van der Waals surface area contributed by atoms with Crippen molar-refractivity contribution in [3.05, 3.63) is 17.0 Å². The highest BCUT2D eigenvalue weighted by molar-refractivity contribution is 5.79. The first kappa shape index (κ1) is 13.7. The second-order valence-electron chi connectivity index (χ2n) is 4.42. The van der Waals surface area contributed by atoms with Crippen LogP contribution in [0.4, 0.5) is 0 Å². The van der Waals surface area contributed by atoms with Crippen LogP contribution < -0.4 is 5.32 Å². The Labute approximate surface area is 102 Å². The second kappa shape index (κ2) is 6.39. The van der Waals surface area contributed by atoms with Crippen LogP contribution in [0, 0.1) is 13.8 Å². The molecule has 1 amide bonds. The van der Waals surface area contributed by atoms with Crippen molar-refractivity contribution in [1.82, 2.24) is 15.5 Å². The molecule has 1 atom stereocenters. The molecule has 1 rings (SSSR count). The summed E-state index contributed by atoms with van der Waals surface area (Å²) in [5.41, 5.74) is 2.79. The zero-order chi connectivity index (χ0) is 12.8. The lowest BCUT2D eigenvalue weighted by atomic mass is 10.1. The zero-order valence-electron chi connectivity index (χ0n) is 10.7. The second-order valence-corrected chi connectivity index (χ2v) is 4.42. The van der Waals surface area contributed by atoms with E-state index in [-0.39, 0.29) is 18.6 Å². The molecular formula is C12H21N3O2. The molecule has 0 saturated heterocycles. The maximum absolute atomic E-state index is 11.8. The Morgan fingerprint density at radius 3 is 2.76 bits per heavy atom. The molecule has 96 valence electrons. The molecule has 3 N–H and O–H groups in total. The van der Waals surface area contributed by atoms with Crippen LogP contribution in [0.3, 0.4) is 0 Å². The van der Waals surface area contributed by atoms with E-state index >= 15 is 0 Å². The molecule has 1 unspecified atom stereocenters. The Bertz CT molecular complexity index is 354. The number of H-pyrrole nitrogens is 1. The highest BCUT2D eigenvalue weighted by atomic mass is 16.2. The first-order valence-corrected chi connectivity index (χ1v) is 5.95. The summed E-state index contributed by atoms with van der Waals surface area (Å²) in [5, 5.41) is 18.5. The van der Waals surface area contributed by atoms with Crippen LogP contribution in [0.1, 0.15) is 36.7 Å². The number of hydrogen-bond acceptors (Lipinski definition) is 3. The van der Waals surface area contributed by atoms with E-state index in [0.29, 0.717) is 12.8 Å². The molecular weight excluding hydrogens is 218 g/mol. The molecule has 1 aromatic heterocycles. The van der Waals surface area contributed by atoms with E-state index in [1.54, 1.807) is 0 Å². The van der Waals surface area contributed by atoms with Crippen LogP contribution in [0.25, 0.3) is 0 Å². The zero-order valence-corrected chi connectivity index (χ0v) is 10.7. The van der Waals surface area contributed by atoms with E-state index < -0.39 is 0 Å². The molecule has 0 radical (unpaired) electrons. The largest absolute Gasteiger partial charge is 0.396 e. The number of aliphatic hydroxyl groups excluding tert-OH is 1. The number of nitrogens with zero attached hydrogens (tertiary/aromatic N) is 1. The molecule has 1 aromatic rings. The molecule has 0 spiro atoms. The summed E-state index contributed by atoms with van der Waals surface area (Å²) in [7, 11) is 0. The molecule has 5 nitrogen and oxygen atoms in total. The van der Waals surface area contributed by atoms with Gasteiger partial charge >= 0.3 is 0 Å². The Balaban J connectivity index is 2.44. The van der Waals surface area contributed by atoms with Crippen molar-refractivity contribution in [3.8, 4) is 0 Å². The summed E-state index contributed by atoms with van der Waals surface area (Å²) in [5.74, 6) is 0.00281. The normalized spacial score (nSPS) is 12.5. The highest BCUT2D eigenvalue weighted by Crippen LogP contribution is 2.10. The number of aliphatic hydroxyl groups is 1. The van der Waals surface area contributed by atoms with Crippen LogP contribution in [-0.2, 0) is 11.2 Å². The van der Waals surface area contributed by atoms with Gasteiger partial charge < -0.3 is 10.4 Å². The van der Waals surface area contributed by atoms with Gasteiger partial charge in [-0.05, 0) is 33.6 Å². The lowest BCUT2D eigenvalue weighted by Gasteiger charge is -2.13. The Morgan fingerprint density at radius 2 is 2.24 bits per heavy atom. The number of carbonyl (C=O) groups excluding carboxylic acids is 1. The minimum Gasteiger partial charge on any atom is -0.396 e. The smallest absolute Gasteiger partial charge is 0.224 e. The fourth-order valence-corrected chi connectivity index (χ4v) is 1.79. The number of rotatable bonds is 6. The molecule has 0 fully saturated rings. The molecule has 17 heavy (non-hydrogen) atoms. The Morgan fingerprint density at radius 1 is 1.53 bits per heavy atom. The molecule has 0 aromatic carbocycles. The van der Waals surface area contributed by atoms with Gasteiger partial charge in [-0.1, -0.05) is 0 Å². The molecule has 0 bridgehead atoms. The number of carbonyl (C=O) groups is 1. The average molecular weight is 239 g/mol. The summed E-state index contributed by atoms with van der Waals surface area (Å²) >= 11 is 0. The third-order valence-corrected chi connectivity index (χ3v) is 2.82. The van der Waals surface area contributed by atoms with Crippen LogP contribution in [-0.4, -0.2) is 33.9 Å². The van der Waals surface area contributed by atoms with Crippen LogP contribution in [0.15, 0.2) is 0 Å². The van der Waals surface area contributed by atoms with Gasteiger partial charge in [0, 0.05) is 23.9 Å². The number of nitrogens with one attached hydrogen (secondary N) is 2. The van der Waals surface area contributed by atoms with Crippen molar-refractivity contribution in [1.29, 1.82) is 0 Å². The molecule has 0 aliphatic carbocycles. The minimum atomic E-state index is 0.00281. The number of amides is 1. The number of aromatic amines is 1.